The summed E-state index contributed by atoms with van der Waals surface area (Å²) >= 11 is 0. The second kappa shape index (κ2) is 6.15. The van der Waals surface area contributed by atoms with Gasteiger partial charge in [-0.1, -0.05) is 42.5 Å². The normalized spacial score (nSPS) is 10.1. The maximum Gasteiger partial charge on any atom is 0.232 e. The highest BCUT2D eigenvalue weighted by atomic mass is 16.2. The molecule has 0 aliphatic rings. The van der Waals surface area contributed by atoms with Gasteiger partial charge in [-0.2, -0.15) is 0 Å². The lowest BCUT2D eigenvalue weighted by atomic mass is 10.1. The standard InChI is InChI=1S/C17H17NO2/c1-12-8-9-13(2)15(10-12)18-17(20)11-16(19)14-6-4-3-5-7-14/h3-10H,11H2,1-2H3,(H,18,20). The molecular formula is C17H17NO2. The van der Waals surface area contributed by atoms with E-state index in [1.54, 1.807) is 24.3 Å². The quantitative estimate of drug-likeness (QED) is 0.680. The molecule has 2 aromatic carbocycles. The highest BCUT2D eigenvalue weighted by Gasteiger charge is 2.12. The van der Waals surface area contributed by atoms with Gasteiger partial charge in [0.25, 0.3) is 0 Å². The number of hydrogen-bond donors (Lipinski definition) is 1. The molecule has 0 heterocycles. The van der Waals surface area contributed by atoms with Gasteiger partial charge in [0.2, 0.25) is 5.91 Å². The Balaban J connectivity index is 2.03. The number of hydrogen-bond acceptors (Lipinski definition) is 2. The lowest BCUT2D eigenvalue weighted by Crippen LogP contribution is -2.17. The maximum atomic E-state index is 11.9. The molecule has 0 radical (unpaired) electrons. The molecule has 0 aliphatic carbocycles. The second-order valence-corrected chi connectivity index (χ2v) is 4.83. The van der Waals surface area contributed by atoms with Crippen LogP contribution in [-0.4, -0.2) is 11.7 Å². The molecule has 0 atom stereocenters. The Kier molecular flexibility index (Phi) is 4.31. The van der Waals surface area contributed by atoms with Gasteiger partial charge in [-0.15, -0.1) is 0 Å². The summed E-state index contributed by atoms with van der Waals surface area (Å²) < 4.78 is 0. The number of amides is 1. The fourth-order valence-electron chi connectivity index (χ4n) is 1.94. The maximum absolute atomic E-state index is 11.9. The molecule has 1 N–H and O–H groups in total. The van der Waals surface area contributed by atoms with E-state index in [2.05, 4.69) is 5.32 Å². The molecule has 0 aliphatic heterocycles. The van der Waals surface area contributed by atoms with Crippen molar-refractivity contribution in [3.8, 4) is 0 Å². The van der Waals surface area contributed by atoms with Gasteiger partial charge >= 0.3 is 0 Å². The van der Waals surface area contributed by atoms with E-state index in [1.807, 2.05) is 38.1 Å². The van der Waals surface area contributed by atoms with Crippen LogP contribution in [0.15, 0.2) is 48.5 Å². The summed E-state index contributed by atoms with van der Waals surface area (Å²) in [7, 11) is 0. The highest BCUT2D eigenvalue weighted by molar-refractivity contribution is 6.11. The molecule has 2 rings (SSSR count). The average molecular weight is 267 g/mol. The Labute approximate surface area is 118 Å². The fraction of sp³-hybridized carbons (Fsp3) is 0.176. The highest BCUT2D eigenvalue weighted by Crippen LogP contribution is 2.16. The van der Waals surface area contributed by atoms with Gasteiger partial charge in [-0.25, -0.2) is 0 Å². The molecule has 2 aromatic rings. The summed E-state index contributed by atoms with van der Waals surface area (Å²) in [5, 5.41) is 2.79. The van der Waals surface area contributed by atoms with Gasteiger partial charge < -0.3 is 5.32 Å². The van der Waals surface area contributed by atoms with Crippen molar-refractivity contribution in [3.05, 3.63) is 65.2 Å². The van der Waals surface area contributed by atoms with E-state index < -0.39 is 0 Å². The predicted molar refractivity (Wildman–Crippen MR) is 79.9 cm³/mol. The van der Waals surface area contributed by atoms with Crippen molar-refractivity contribution < 1.29 is 9.59 Å². The molecule has 0 fully saturated rings. The summed E-state index contributed by atoms with van der Waals surface area (Å²) in [5.74, 6) is -0.457. The summed E-state index contributed by atoms with van der Waals surface area (Å²) in [6.07, 6.45) is -0.141. The van der Waals surface area contributed by atoms with Gasteiger partial charge in [0, 0.05) is 11.3 Å². The first-order valence-corrected chi connectivity index (χ1v) is 6.51. The minimum Gasteiger partial charge on any atom is -0.325 e. The molecule has 0 saturated carbocycles. The Morgan fingerprint density at radius 1 is 1.00 bits per heavy atom. The number of rotatable bonds is 4. The van der Waals surface area contributed by atoms with E-state index in [1.165, 1.54) is 0 Å². The lowest BCUT2D eigenvalue weighted by molar-refractivity contribution is -0.115. The first-order valence-electron chi connectivity index (χ1n) is 6.51. The zero-order valence-electron chi connectivity index (χ0n) is 11.6. The molecule has 1 amide bonds. The van der Waals surface area contributed by atoms with E-state index in [0.29, 0.717) is 5.56 Å². The molecule has 0 aromatic heterocycles. The van der Waals surface area contributed by atoms with Crippen LogP contribution in [0.25, 0.3) is 0 Å². The minimum absolute atomic E-state index is 0.141. The second-order valence-electron chi connectivity index (χ2n) is 4.83. The van der Waals surface area contributed by atoms with Crippen LogP contribution < -0.4 is 5.32 Å². The van der Waals surface area contributed by atoms with Crippen LogP contribution in [0.1, 0.15) is 27.9 Å². The van der Waals surface area contributed by atoms with Crippen molar-refractivity contribution >= 4 is 17.4 Å². The summed E-state index contributed by atoms with van der Waals surface area (Å²) in [6, 6.07) is 14.7. The largest absolute Gasteiger partial charge is 0.325 e. The Morgan fingerprint density at radius 2 is 1.70 bits per heavy atom. The smallest absolute Gasteiger partial charge is 0.232 e. The van der Waals surface area contributed by atoms with Crippen molar-refractivity contribution in [1.82, 2.24) is 0 Å². The van der Waals surface area contributed by atoms with Crippen LogP contribution in [0.5, 0.6) is 0 Å². The van der Waals surface area contributed by atoms with Crippen LogP contribution in [0, 0.1) is 13.8 Å². The average Bonchev–Trinajstić information content (AvgIpc) is 2.43. The number of anilines is 1. The van der Waals surface area contributed by atoms with Crippen molar-refractivity contribution in [2.45, 2.75) is 20.3 Å². The SMILES string of the molecule is Cc1ccc(C)c(NC(=O)CC(=O)c2ccccc2)c1. The third kappa shape index (κ3) is 3.54. The van der Waals surface area contributed by atoms with Gasteiger partial charge in [-0.3, -0.25) is 9.59 Å². The molecular weight excluding hydrogens is 250 g/mol. The van der Waals surface area contributed by atoms with Gasteiger partial charge in [0.05, 0.1) is 6.42 Å². The number of ketones is 1. The molecule has 3 heteroatoms. The topological polar surface area (TPSA) is 46.2 Å². The molecule has 0 spiro atoms. The Hall–Kier alpha value is -2.42. The number of carbonyl (C=O) groups is 2. The van der Waals surface area contributed by atoms with E-state index in [4.69, 9.17) is 0 Å². The van der Waals surface area contributed by atoms with Gasteiger partial charge in [0.15, 0.2) is 5.78 Å². The van der Waals surface area contributed by atoms with Crippen molar-refractivity contribution in [1.29, 1.82) is 0 Å². The summed E-state index contributed by atoms with van der Waals surface area (Å²) in [6.45, 7) is 3.89. The van der Waals surface area contributed by atoms with Gasteiger partial charge in [0.1, 0.15) is 0 Å². The third-order valence-electron chi connectivity index (χ3n) is 3.08. The van der Waals surface area contributed by atoms with Crippen LogP contribution >= 0.6 is 0 Å². The first-order chi connectivity index (χ1) is 9.56. The first kappa shape index (κ1) is 14.0. The molecule has 3 nitrogen and oxygen atoms in total. The molecule has 0 bridgehead atoms. The minimum atomic E-state index is -0.285. The van der Waals surface area contributed by atoms with Crippen molar-refractivity contribution in [3.63, 3.8) is 0 Å². The molecule has 0 unspecified atom stereocenters. The van der Waals surface area contributed by atoms with Crippen LogP contribution in [0.3, 0.4) is 0 Å². The van der Waals surface area contributed by atoms with E-state index in [-0.39, 0.29) is 18.1 Å². The van der Waals surface area contributed by atoms with Crippen LogP contribution in [-0.2, 0) is 4.79 Å². The van der Waals surface area contributed by atoms with Crippen LogP contribution in [0.2, 0.25) is 0 Å². The van der Waals surface area contributed by atoms with Crippen molar-refractivity contribution in [2.75, 3.05) is 5.32 Å². The summed E-state index contributed by atoms with van der Waals surface area (Å²) in [4.78, 5) is 23.9. The van der Waals surface area contributed by atoms with E-state index >= 15 is 0 Å². The Bertz CT molecular complexity index is 633. The number of nitrogens with one attached hydrogen (secondary N) is 1. The van der Waals surface area contributed by atoms with E-state index in [9.17, 15) is 9.59 Å². The predicted octanol–water partition coefficient (Wildman–Crippen LogP) is 3.51. The molecule has 102 valence electrons. The molecule has 0 saturated heterocycles. The monoisotopic (exact) mass is 267 g/mol. The van der Waals surface area contributed by atoms with Crippen molar-refractivity contribution in [2.24, 2.45) is 0 Å². The van der Waals surface area contributed by atoms with E-state index in [0.717, 1.165) is 16.8 Å². The fourth-order valence-corrected chi connectivity index (χ4v) is 1.94. The zero-order chi connectivity index (χ0) is 14.5. The number of aryl methyl sites for hydroxylation is 2. The molecule has 20 heavy (non-hydrogen) atoms. The number of benzene rings is 2. The number of Topliss-reactive ketones (excluding diaryl/α,β-unsaturated/α-hetero) is 1. The number of carbonyl (C=O) groups excluding carboxylic acids is 2. The zero-order valence-corrected chi connectivity index (χ0v) is 11.6. The lowest BCUT2D eigenvalue weighted by Gasteiger charge is -2.09. The van der Waals surface area contributed by atoms with Crippen LogP contribution in [0.4, 0.5) is 5.69 Å². The van der Waals surface area contributed by atoms with Gasteiger partial charge in [-0.05, 0) is 31.0 Å². The Morgan fingerprint density at radius 3 is 2.40 bits per heavy atom. The summed E-state index contributed by atoms with van der Waals surface area (Å²) in [5.41, 5.74) is 3.37. The third-order valence-corrected chi connectivity index (χ3v) is 3.08.